The van der Waals surface area contributed by atoms with E-state index in [1.54, 1.807) is 24.3 Å². The van der Waals surface area contributed by atoms with Gasteiger partial charge in [-0.1, -0.05) is 29.6 Å². The van der Waals surface area contributed by atoms with Crippen molar-refractivity contribution < 1.29 is 14.4 Å². The number of rotatable bonds is 6. The molecular weight excluding hydrogens is 354 g/mol. The highest BCUT2D eigenvalue weighted by Gasteiger charge is 2.26. The highest BCUT2D eigenvalue weighted by Crippen LogP contribution is 2.31. The summed E-state index contributed by atoms with van der Waals surface area (Å²) in [6, 6.07) is 6.87. The molecule has 1 aromatic heterocycles. The molecule has 1 saturated heterocycles. The third-order valence-electron chi connectivity index (χ3n) is 4.81. The number of benzene rings is 1. The maximum Gasteiger partial charge on any atom is 0.343 e. The molecule has 1 N–H and O–H groups in total. The smallest absolute Gasteiger partial charge is 0.343 e. The first kappa shape index (κ1) is 18.7. The molecule has 7 heteroatoms. The highest BCUT2D eigenvalue weighted by atomic mass is 35.5. The number of carboxylic acid groups (broad SMARTS) is 1. The van der Waals surface area contributed by atoms with E-state index in [0.717, 1.165) is 19.6 Å². The first-order valence-electron chi connectivity index (χ1n) is 8.98. The van der Waals surface area contributed by atoms with E-state index in [9.17, 15) is 9.90 Å². The average Bonchev–Trinajstić information content (AvgIpc) is 2.91. The van der Waals surface area contributed by atoms with Crippen LogP contribution in [0.25, 0.3) is 11.3 Å². The van der Waals surface area contributed by atoms with Crippen LogP contribution >= 0.6 is 11.6 Å². The quantitative estimate of drug-likeness (QED) is 0.820. The summed E-state index contributed by atoms with van der Waals surface area (Å²) < 4.78 is 5.39. The molecule has 0 unspecified atom stereocenters. The monoisotopic (exact) mass is 377 g/mol. The first-order chi connectivity index (χ1) is 12.6. The highest BCUT2D eigenvalue weighted by molar-refractivity contribution is 6.30. The van der Waals surface area contributed by atoms with Crippen molar-refractivity contribution in [3.05, 3.63) is 34.9 Å². The molecule has 0 aliphatic carbocycles. The van der Waals surface area contributed by atoms with E-state index in [0.29, 0.717) is 22.9 Å². The summed E-state index contributed by atoms with van der Waals surface area (Å²) in [5.74, 6) is -0.434. The fourth-order valence-electron chi connectivity index (χ4n) is 3.29. The molecule has 2 heterocycles. The van der Waals surface area contributed by atoms with Gasteiger partial charge in [-0.25, -0.2) is 4.79 Å². The van der Waals surface area contributed by atoms with E-state index in [1.165, 1.54) is 25.7 Å². The van der Waals surface area contributed by atoms with Crippen LogP contribution in [0.15, 0.2) is 28.8 Å². The minimum absolute atomic E-state index is 0.0886. The van der Waals surface area contributed by atoms with E-state index in [-0.39, 0.29) is 11.3 Å². The van der Waals surface area contributed by atoms with Crippen molar-refractivity contribution in [2.24, 2.45) is 0 Å². The van der Waals surface area contributed by atoms with Crippen LogP contribution in [0.2, 0.25) is 5.02 Å². The van der Waals surface area contributed by atoms with Crippen molar-refractivity contribution in [3.8, 4) is 11.3 Å². The van der Waals surface area contributed by atoms with E-state index >= 15 is 0 Å². The summed E-state index contributed by atoms with van der Waals surface area (Å²) in [7, 11) is 1.85. The Hall–Kier alpha value is -2.05. The molecule has 6 nitrogen and oxygen atoms in total. The predicted molar refractivity (Wildman–Crippen MR) is 102 cm³/mol. The lowest BCUT2D eigenvalue weighted by atomic mass is 10.1. The molecule has 0 amide bonds. The Kier molecular flexibility index (Phi) is 6.16. The molecule has 0 spiro atoms. The molecule has 1 aromatic carbocycles. The lowest BCUT2D eigenvalue weighted by Crippen LogP contribution is -2.34. The molecule has 0 atom stereocenters. The number of likely N-dealkylation sites (N-methyl/N-ethyl adjacent to an activating group) is 1. The van der Waals surface area contributed by atoms with Gasteiger partial charge in [-0.3, -0.25) is 0 Å². The molecule has 1 fully saturated rings. The van der Waals surface area contributed by atoms with Gasteiger partial charge >= 0.3 is 5.97 Å². The van der Waals surface area contributed by atoms with Gasteiger partial charge in [-0.2, -0.15) is 0 Å². The van der Waals surface area contributed by atoms with Crippen molar-refractivity contribution in [2.75, 3.05) is 38.1 Å². The van der Waals surface area contributed by atoms with Crippen LogP contribution in [0, 0.1) is 0 Å². The Morgan fingerprint density at radius 2 is 1.88 bits per heavy atom. The van der Waals surface area contributed by atoms with Gasteiger partial charge in [0.05, 0.1) is 0 Å². The lowest BCUT2D eigenvalue weighted by Gasteiger charge is -2.24. The molecule has 2 aromatic rings. The summed E-state index contributed by atoms with van der Waals surface area (Å²) in [4.78, 5) is 16.1. The molecular formula is C19H24ClN3O3. The van der Waals surface area contributed by atoms with Gasteiger partial charge in [0.2, 0.25) is 0 Å². The third-order valence-corrected chi connectivity index (χ3v) is 5.06. The summed E-state index contributed by atoms with van der Waals surface area (Å²) in [6.07, 6.45) is 5.05. The SMILES string of the molecule is CN(CCN1CCCCCC1)c1noc(-c2ccc(Cl)cc2)c1C(=O)O. The second-order valence-electron chi connectivity index (χ2n) is 6.70. The number of aromatic nitrogens is 1. The summed E-state index contributed by atoms with van der Waals surface area (Å²) in [5.41, 5.74) is 0.733. The number of anilines is 1. The zero-order valence-corrected chi connectivity index (χ0v) is 15.7. The first-order valence-corrected chi connectivity index (χ1v) is 9.36. The van der Waals surface area contributed by atoms with Gasteiger partial charge in [0.1, 0.15) is 0 Å². The van der Waals surface area contributed by atoms with Crippen LogP contribution in [0.5, 0.6) is 0 Å². The molecule has 0 saturated carbocycles. The summed E-state index contributed by atoms with van der Waals surface area (Å²) in [5, 5.41) is 14.3. The van der Waals surface area contributed by atoms with Crippen molar-refractivity contribution in [2.45, 2.75) is 25.7 Å². The average molecular weight is 378 g/mol. The van der Waals surface area contributed by atoms with Crippen molar-refractivity contribution in [3.63, 3.8) is 0 Å². The number of aromatic carboxylic acids is 1. The number of hydrogen-bond acceptors (Lipinski definition) is 5. The van der Waals surface area contributed by atoms with Crippen LogP contribution in [-0.4, -0.2) is 54.4 Å². The summed E-state index contributed by atoms with van der Waals surface area (Å²) in [6.45, 7) is 3.80. The lowest BCUT2D eigenvalue weighted by molar-refractivity contribution is 0.0698. The number of halogens is 1. The van der Waals surface area contributed by atoms with Gasteiger partial charge < -0.3 is 19.4 Å². The topological polar surface area (TPSA) is 69.8 Å². The molecule has 1 aliphatic rings. The number of nitrogens with zero attached hydrogens (tertiary/aromatic N) is 3. The van der Waals surface area contributed by atoms with Gasteiger partial charge in [0, 0.05) is 30.7 Å². The van der Waals surface area contributed by atoms with Crippen LogP contribution in [-0.2, 0) is 0 Å². The second-order valence-corrected chi connectivity index (χ2v) is 7.14. The van der Waals surface area contributed by atoms with Crippen LogP contribution in [0.4, 0.5) is 5.82 Å². The van der Waals surface area contributed by atoms with Gasteiger partial charge in [0.25, 0.3) is 0 Å². The predicted octanol–water partition coefficient (Wildman–Crippen LogP) is 4.01. The molecule has 1 aliphatic heterocycles. The molecule has 140 valence electrons. The maximum absolute atomic E-state index is 11.8. The fourth-order valence-corrected chi connectivity index (χ4v) is 3.42. The van der Waals surface area contributed by atoms with Gasteiger partial charge in [0.15, 0.2) is 17.1 Å². The minimum atomic E-state index is -1.05. The Morgan fingerprint density at radius 3 is 2.50 bits per heavy atom. The Morgan fingerprint density at radius 1 is 1.23 bits per heavy atom. The van der Waals surface area contributed by atoms with Crippen molar-refractivity contribution >= 4 is 23.4 Å². The zero-order chi connectivity index (χ0) is 18.5. The van der Waals surface area contributed by atoms with E-state index in [2.05, 4.69) is 10.1 Å². The Bertz CT molecular complexity index is 737. The zero-order valence-electron chi connectivity index (χ0n) is 14.9. The molecule has 0 bridgehead atoms. The van der Waals surface area contributed by atoms with Crippen molar-refractivity contribution in [1.29, 1.82) is 0 Å². The van der Waals surface area contributed by atoms with E-state index in [4.69, 9.17) is 16.1 Å². The van der Waals surface area contributed by atoms with Crippen LogP contribution in [0.1, 0.15) is 36.0 Å². The fraction of sp³-hybridized carbons (Fsp3) is 0.474. The second kappa shape index (κ2) is 8.56. The van der Waals surface area contributed by atoms with E-state index in [1.807, 2.05) is 11.9 Å². The number of hydrogen-bond donors (Lipinski definition) is 1. The number of likely N-dealkylation sites (tertiary alicyclic amines) is 1. The maximum atomic E-state index is 11.8. The molecule has 0 radical (unpaired) electrons. The minimum Gasteiger partial charge on any atom is -0.477 e. The van der Waals surface area contributed by atoms with Crippen LogP contribution < -0.4 is 4.90 Å². The van der Waals surface area contributed by atoms with E-state index < -0.39 is 5.97 Å². The normalized spacial score (nSPS) is 15.6. The van der Waals surface area contributed by atoms with Crippen molar-refractivity contribution in [1.82, 2.24) is 10.1 Å². The molecule has 3 rings (SSSR count). The third kappa shape index (κ3) is 4.37. The van der Waals surface area contributed by atoms with Gasteiger partial charge in [-0.15, -0.1) is 0 Å². The molecule has 26 heavy (non-hydrogen) atoms. The standard InChI is InChI=1S/C19H24ClN3O3/c1-22(12-13-23-10-4-2-3-5-11-23)18-16(19(24)25)17(26-21-18)14-6-8-15(20)9-7-14/h6-9H,2-5,10-13H2,1H3,(H,24,25). The summed E-state index contributed by atoms with van der Waals surface area (Å²) >= 11 is 5.91. The largest absolute Gasteiger partial charge is 0.477 e. The number of carbonyl (C=O) groups is 1. The Balaban J connectivity index is 1.76. The Labute approximate surface area is 158 Å². The van der Waals surface area contributed by atoms with Crippen LogP contribution in [0.3, 0.4) is 0 Å². The number of carboxylic acids is 1. The van der Waals surface area contributed by atoms with Gasteiger partial charge in [-0.05, 0) is 50.2 Å².